The molecule has 7 nitrogen and oxygen atoms in total. The van der Waals surface area contributed by atoms with Gasteiger partial charge in [-0.1, -0.05) is 30.3 Å². The van der Waals surface area contributed by atoms with Crippen molar-refractivity contribution < 1.29 is 18.1 Å². The fourth-order valence-electron chi connectivity index (χ4n) is 2.14. The summed E-state index contributed by atoms with van der Waals surface area (Å²) in [5.41, 5.74) is 5.23. The molecule has 0 aliphatic carbocycles. The molecule has 0 saturated heterocycles. The Bertz CT molecular complexity index is 1000. The van der Waals surface area contributed by atoms with Crippen LogP contribution in [0, 0.1) is 0 Å². The fraction of sp³-hybridized carbons (Fsp3) is 0.0588. The standard InChI is InChI=1S/C16H12N2O4S.CH5N/c19-15-10-5-11-3-1-2-4-14(11)16(15)18-17-12-6-8-13(9-7-12)23(20,21)22;1-2/h1-10,19H,(H,20,21,22);2H2,1H3. The molecular formula is C17H17N3O4S. The minimum absolute atomic E-state index is 0.00186. The Labute approximate surface area is 145 Å². The van der Waals surface area contributed by atoms with Gasteiger partial charge in [-0.25, -0.2) is 0 Å². The van der Waals surface area contributed by atoms with Gasteiger partial charge in [0.1, 0.15) is 11.4 Å². The van der Waals surface area contributed by atoms with Gasteiger partial charge in [-0.3, -0.25) is 4.55 Å². The lowest BCUT2D eigenvalue weighted by Crippen LogP contribution is -1.96. The van der Waals surface area contributed by atoms with Crippen molar-refractivity contribution >= 4 is 32.3 Å². The van der Waals surface area contributed by atoms with Crippen molar-refractivity contribution in [2.45, 2.75) is 4.90 Å². The van der Waals surface area contributed by atoms with Crippen LogP contribution in [-0.2, 0) is 10.1 Å². The maximum atomic E-state index is 11.0. The van der Waals surface area contributed by atoms with Gasteiger partial charge in [0.05, 0.1) is 10.6 Å². The number of aromatic hydroxyl groups is 1. The molecule has 3 aromatic rings. The molecule has 0 atom stereocenters. The van der Waals surface area contributed by atoms with Crippen LogP contribution in [0.2, 0.25) is 0 Å². The third kappa shape index (κ3) is 4.38. The smallest absolute Gasteiger partial charge is 0.294 e. The quantitative estimate of drug-likeness (QED) is 0.484. The minimum Gasteiger partial charge on any atom is -0.506 e. The van der Waals surface area contributed by atoms with Gasteiger partial charge in [0.15, 0.2) is 0 Å². The number of rotatable bonds is 3. The molecule has 0 heterocycles. The summed E-state index contributed by atoms with van der Waals surface area (Å²) in [7, 11) is -2.73. The van der Waals surface area contributed by atoms with E-state index >= 15 is 0 Å². The van der Waals surface area contributed by atoms with Gasteiger partial charge >= 0.3 is 0 Å². The fourth-order valence-corrected chi connectivity index (χ4v) is 2.62. The van der Waals surface area contributed by atoms with Crippen LogP contribution in [0.4, 0.5) is 11.4 Å². The van der Waals surface area contributed by atoms with Crippen molar-refractivity contribution in [3.63, 3.8) is 0 Å². The minimum atomic E-state index is -4.23. The van der Waals surface area contributed by atoms with Gasteiger partial charge in [-0.2, -0.15) is 13.5 Å². The molecular weight excluding hydrogens is 342 g/mol. The van der Waals surface area contributed by atoms with Crippen LogP contribution >= 0.6 is 0 Å². The summed E-state index contributed by atoms with van der Waals surface area (Å²) in [6, 6.07) is 16.0. The van der Waals surface area contributed by atoms with Crippen LogP contribution in [0.1, 0.15) is 0 Å². The molecule has 0 radical (unpaired) electrons. The normalized spacial score (nSPS) is 11.3. The summed E-state index contributed by atoms with van der Waals surface area (Å²) in [6.45, 7) is 0. The molecule has 0 unspecified atom stereocenters. The van der Waals surface area contributed by atoms with E-state index < -0.39 is 10.1 Å². The zero-order valence-corrected chi connectivity index (χ0v) is 14.2. The maximum absolute atomic E-state index is 11.0. The first-order chi connectivity index (χ1) is 11.9. The molecule has 3 aromatic carbocycles. The average molecular weight is 359 g/mol. The van der Waals surface area contributed by atoms with Crippen LogP contribution < -0.4 is 5.73 Å². The van der Waals surface area contributed by atoms with Crippen molar-refractivity contribution in [3.8, 4) is 5.75 Å². The molecule has 4 N–H and O–H groups in total. The molecule has 25 heavy (non-hydrogen) atoms. The number of hydrogen-bond acceptors (Lipinski definition) is 6. The molecule has 0 aliphatic rings. The number of benzene rings is 3. The first-order valence-electron chi connectivity index (χ1n) is 7.23. The topological polar surface area (TPSA) is 125 Å². The van der Waals surface area contributed by atoms with Crippen molar-refractivity contribution in [2.75, 3.05) is 7.05 Å². The Kier molecular flexibility index (Phi) is 5.81. The average Bonchev–Trinajstić information content (AvgIpc) is 2.62. The second-order valence-electron chi connectivity index (χ2n) is 4.82. The summed E-state index contributed by atoms with van der Waals surface area (Å²) in [5, 5.41) is 19.7. The Balaban J connectivity index is 0.00000109. The number of fused-ring (bicyclic) bond motifs is 1. The van der Waals surface area contributed by atoms with Gasteiger partial charge in [-0.05, 0) is 42.8 Å². The third-order valence-electron chi connectivity index (χ3n) is 3.28. The van der Waals surface area contributed by atoms with Crippen LogP contribution in [0.5, 0.6) is 5.75 Å². The van der Waals surface area contributed by atoms with Gasteiger partial charge in [0.2, 0.25) is 0 Å². The first kappa shape index (κ1) is 18.5. The van der Waals surface area contributed by atoms with Crippen LogP contribution in [0.15, 0.2) is 75.8 Å². The van der Waals surface area contributed by atoms with Crippen molar-refractivity contribution in [1.29, 1.82) is 0 Å². The van der Waals surface area contributed by atoms with E-state index in [9.17, 15) is 13.5 Å². The molecule has 3 rings (SSSR count). The second kappa shape index (κ2) is 7.84. The number of phenolic OH excluding ortho intramolecular Hbond substituents is 1. The predicted octanol–water partition coefficient (Wildman–Crippen LogP) is 3.78. The van der Waals surface area contributed by atoms with Crippen LogP contribution in [-0.4, -0.2) is 25.1 Å². The number of nitrogens with zero attached hydrogens (tertiary/aromatic N) is 2. The lowest BCUT2D eigenvalue weighted by Gasteiger charge is -2.03. The molecule has 0 spiro atoms. The Morgan fingerprint density at radius 1 is 0.880 bits per heavy atom. The zero-order valence-electron chi connectivity index (χ0n) is 13.4. The molecule has 0 aromatic heterocycles. The number of nitrogens with two attached hydrogens (primary N) is 1. The summed E-state index contributed by atoms with van der Waals surface area (Å²) >= 11 is 0. The van der Waals surface area contributed by atoms with Gasteiger partial charge < -0.3 is 10.8 Å². The van der Waals surface area contributed by atoms with Gasteiger partial charge in [-0.15, -0.1) is 5.11 Å². The highest BCUT2D eigenvalue weighted by Gasteiger charge is 2.09. The van der Waals surface area contributed by atoms with Crippen molar-refractivity contribution in [2.24, 2.45) is 16.0 Å². The molecule has 130 valence electrons. The van der Waals surface area contributed by atoms with E-state index in [1.54, 1.807) is 6.07 Å². The Morgan fingerprint density at radius 3 is 2.16 bits per heavy atom. The summed E-state index contributed by atoms with van der Waals surface area (Å²) < 4.78 is 30.9. The monoisotopic (exact) mass is 359 g/mol. The van der Waals surface area contributed by atoms with Crippen LogP contribution in [0.3, 0.4) is 0 Å². The number of phenols is 1. The molecule has 8 heteroatoms. The van der Waals surface area contributed by atoms with Gasteiger partial charge in [0.25, 0.3) is 10.1 Å². The van der Waals surface area contributed by atoms with Crippen molar-refractivity contribution in [3.05, 3.63) is 60.7 Å². The highest BCUT2D eigenvalue weighted by atomic mass is 32.2. The predicted molar refractivity (Wildman–Crippen MR) is 96.2 cm³/mol. The van der Waals surface area contributed by atoms with E-state index in [2.05, 4.69) is 16.0 Å². The molecule has 0 aliphatic heterocycles. The zero-order chi connectivity index (χ0) is 18.4. The van der Waals surface area contributed by atoms with E-state index in [1.165, 1.54) is 37.4 Å². The lowest BCUT2D eigenvalue weighted by molar-refractivity contribution is 0.477. The molecule has 0 amide bonds. The maximum Gasteiger partial charge on any atom is 0.294 e. The first-order valence-corrected chi connectivity index (χ1v) is 8.67. The highest BCUT2D eigenvalue weighted by molar-refractivity contribution is 7.85. The number of hydrogen-bond donors (Lipinski definition) is 3. The largest absolute Gasteiger partial charge is 0.506 e. The van der Waals surface area contributed by atoms with Crippen LogP contribution in [0.25, 0.3) is 10.8 Å². The number of azo groups is 1. The summed E-state index contributed by atoms with van der Waals surface area (Å²) in [5.74, 6) is 0.00186. The molecule has 0 bridgehead atoms. The van der Waals surface area contributed by atoms with E-state index in [-0.39, 0.29) is 10.6 Å². The Hall–Kier alpha value is -2.81. The van der Waals surface area contributed by atoms with E-state index in [0.717, 1.165) is 10.8 Å². The second-order valence-corrected chi connectivity index (χ2v) is 6.24. The van der Waals surface area contributed by atoms with Gasteiger partial charge in [0, 0.05) is 5.39 Å². The van der Waals surface area contributed by atoms with Crippen molar-refractivity contribution in [1.82, 2.24) is 0 Å². The Morgan fingerprint density at radius 2 is 1.52 bits per heavy atom. The SMILES string of the molecule is CN.O=S(=O)(O)c1ccc(N=Nc2c(O)ccc3ccccc23)cc1. The third-order valence-corrected chi connectivity index (χ3v) is 4.15. The summed E-state index contributed by atoms with van der Waals surface area (Å²) in [4.78, 5) is -0.218. The van der Waals surface area contributed by atoms with E-state index in [0.29, 0.717) is 11.4 Å². The lowest BCUT2D eigenvalue weighted by atomic mass is 10.1. The van der Waals surface area contributed by atoms with E-state index in [4.69, 9.17) is 4.55 Å². The van der Waals surface area contributed by atoms with E-state index in [1.807, 2.05) is 24.3 Å². The highest BCUT2D eigenvalue weighted by Crippen LogP contribution is 2.35. The molecule has 0 saturated carbocycles. The summed E-state index contributed by atoms with van der Waals surface area (Å²) in [6.07, 6.45) is 0. The molecule has 0 fully saturated rings.